The van der Waals surface area contributed by atoms with Crippen LogP contribution in [0.1, 0.15) is 36.6 Å². The second kappa shape index (κ2) is 5.11. The molecule has 0 spiro atoms. The summed E-state index contributed by atoms with van der Waals surface area (Å²) in [5.74, 6) is 0.418. The molecule has 0 fully saturated rings. The SMILES string of the molecule is CC1(C)Cc2cc(C(O)c3ccc(Br)cc3F)ccc2O1. The van der Waals surface area contributed by atoms with E-state index in [1.54, 1.807) is 18.2 Å². The third-order valence-corrected chi connectivity index (χ3v) is 4.15. The van der Waals surface area contributed by atoms with Gasteiger partial charge in [0.05, 0.1) is 0 Å². The van der Waals surface area contributed by atoms with Gasteiger partial charge in [-0.3, -0.25) is 0 Å². The minimum Gasteiger partial charge on any atom is -0.487 e. The second-order valence-corrected chi connectivity index (χ2v) is 6.89. The molecule has 4 heteroatoms. The maximum Gasteiger partial charge on any atom is 0.130 e. The topological polar surface area (TPSA) is 29.5 Å². The third-order valence-electron chi connectivity index (χ3n) is 3.66. The minimum absolute atomic E-state index is 0.227. The Kier molecular flexibility index (Phi) is 3.54. The number of benzene rings is 2. The average Bonchev–Trinajstić information content (AvgIpc) is 2.70. The fourth-order valence-corrected chi connectivity index (χ4v) is 3.04. The smallest absolute Gasteiger partial charge is 0.130 e. The quantitative estimate of drug-likeness (QED) is 0.870. The number of halogens is 2. The van der Waals surface area contributed by atoms with E-state index in [-0.39, 0.29) is 11.2 Å². The molecule has 0 aliphatic carbocycles. The third kappa shape index (κ3) is 2.83. The highest BCUT2D eigenvalue weighted by Crippen LogP contribution is 2.37. The van der Waals surface area contributed by atoms with Gasteiger partial charge in [0.2, 0.25) is 0 Å². The lowest BCUT2D eigenvalue weighted by Crippen LogP contribution is -2.24. The second-order valence-electron chi connectivity index (χ2n) is 5.97. The average molecular weight is 351 g/mol. The molecule has 2 aromatic rings. The molecule has 1 N–H and O–H groups in total. The number of hydrogen-bond donors (Lipinski definition) is 1. The Morgan fingerprint density at radius 3 is 2.71 bits per heavy atom. The van der Waals surface area contributed by atoms with Crippen molar-refractivity contribution >= 4 is 15.9 Å². The predicted octanol–water partition coefficient (Wildman–Crippen LogP) is 4.38. The van der Waals surface area contributed by atoms with Gasteiger partial charge in [-0.1, -0.05) is 28.1 Å². The lowest BCUT2D eigenvalue weighted by Gasteiger charge is -2.16. The van der Waals surface area contributed by atoms with E-state index >= 15 is 0 Å². The Morgan fingerprint density at radius 1 is 1.24 bits per heavy atom. The predicted molar refractivity (Wildman–Crippen MR) is 83.0 cm³/mol. The van der Waals surface area contributed by atoms with Crippen LogP contribution in [0, 0.1) is 5.82 Å². The molecule has 1 atom stereocenters. The molecule has 2 nitrogen and oxygen atoms in total. The molecule has 0 bridgehead atoms. The summed E-state index contributed by atoms with van der Waals surface area (Å²) < 4.78 is 20.4. The van der Waals surface area contributed by atoms with Crippen LogP contribution < -0.4 is 4.74 Å². The van der Waals surface area contributed by atoms with E-state index in [0.29, 0.717) is 10.0 Å². The zero-order valence-electron chi connectivity index (χ0n) is 11.9. The van der Waals surface area contributed by atoms with E-state index < -0.39 is 11.9 Å². The fourth-order valence-electron chi connectivity index (χ4n) is 2.70. The number of aliphatic hydroxyl groups is 1. The Bertz CT molecular complexity index is 697. The van der Waals surface area contributed by atoms with Crippen LogP contribution in [0.2, 0.25) is 0 Å². The molecule has 3 rings (SSSR count). The van der Waals surface area contributed by atoms with Crippen LogP contribution in [0.5, 0.6) is 5.75 Å². The fraction of sp³-hybridized carbons (Fsp3) is 0.294. The van der Waals surface area contributed by atoms with E-state index in [4.69, 9.17) is 4.74 Å². The van der Waals surface area contributed by atoms with Crippen LogP contribution in [-0.2, 0) is 6.42 Å². The minimum atomic E-state index is -0.980. The largest absolute Gasteiger partial charge is 0.487 e. The van der Waals surface area contributed by atoms with Crippen molar-refractivity contribution in [2.75, 3.05) is 0 Å². The van der Waals surface area contributed by atoms with E-state index in [2.05, 4.69) is 15.9 Å². The van der Waals surface area contributed by atoms with Crippen molar-refractivity contribution in [2.45, 2.75) is 32.0 Å². The molecule has 0 amide bonds. The summed E-state index contributed by atoms with van der Waals surface area (Å²) >= 11 is 3.22. The summed E-state index contributed by atoms with van der Waals surface area (Å²) in [6.07, 6.45) is -0.196. The normalized spacial score (nSPS) is 17.2. The first-order valence-electron chi connectivity index (χ1n) is 6.80. The highest BCUT2D eigenvalue weighted by Gasteiger charge is 2.30. The van der Waals surface area contributed by atoms with E-state index in [0.717, 1.165) is 17.7 Å². The molecular formula is C17H16BrFO2. The molecule has 0 saturated carbocycles. The first-order valence-corrected chi connectivity index (χ1v) is 7.60. The Labute approximate surface area is 131 Å². The summed E-state index contributed by atoms with van der Waals surface area (Å²) in [7, 11) is 0. The van der Waals surface area contributed by atoms with Crippen molar-refractivity contribution in [3.8, 4) is 5.75 Å². The van der Waals surface area contributed by atoms with Crippen LogP contribution in [0.15, 0.2) is 40.9 Å². The summed E-state index contributed by atoms with van der Waals surface area (Å²) in [5, 5.41) is 10.4. The molecule has 110 valence electrons. The lowest BCUT2D eigenvalue weighted by atomic mass is 9.96. The van der Waals surface area contributed by atoms with Crippen LogP contribution in [-0.4, -0.2) is 10.7 Å². The molecule has 21 heavy (non-hydrogen) atoms. The molecule has 1 aliphatic rings. The maximum atomic E-state index is 14.0. The number of fused-ring (bicyclic) bond motifs is 1. The van der Waals surface area contributed by atoms with Gasteiger partial charge in [0.1, 0.15) is 23.3 Å². The number of hydrogen-bond acceptors (Lipinski definition) is 2. The van der Waals surface area contributed by atoms with Gasteiger partial charge in [0.25, 0.3) is 0 Å². The highest BCUT2D eigenvalue weighted by molar-refractivity contribution is 9.10. The standard InChI is InChI=1S/C17H16BrFO2/c1-17(2)9-11-7-10(3-6-15(11)21-17)16(20)13-5-4-12(18)8-14(13)19/h3-8,16,20H,9H2,1-2H3. The van der Waals surface area contributed by atoms with Gasteiger partial charge in [-0.05, 0) is 49.2 Å². The van der Waals surface area contributed by atoms with Gasteiger partial charge < -0.3 is 9.84 Å². The molecule has 1 heterocycles. The van der Waals surface area contributed by atoms with Gasteiger partial charge in [-0.2, -0.15) is 0 Å². The van der Waals surface area contributed by atoms with Crippen LogP contribution in [0.3, 0.4) is 0 Å². The summed E-state index contributed by atoms with van der Waals surface area (Å²) in [6.45, 7) is 4.05. The molecule has 0 saturated heterocycles. The van der Waals surface area contributed by atoms with E-state index in [1.807, 2.05) is 26.0 Å². The number of rotatable bonds is 2. The van der Waals surface area contributed by atoms with E-state index in [9.17, 15) is 9.50 Å². The number of aliphatic hydroxyl groups excluding tert-OH is 1. The first kappa shape index (κ1) is 14.5. The zero-order chi connectivity index (χ0) is 15.2. The Hall–Kier alpha value is -1.39. The Morgan fingerprint density at radius 2 is 2.00 bits per heavy atom. The highest BCUT2D eigenvalue weighted by atomic mass is 79.9. The molecule has 0 radical (unpaired) electrons. The van der Waals surface area contributed by atoms with Crippen molar-refractivity contribution in [3.63, 3.8) is 0 Å². The summed E-state index contributed by atoms with van der Waals surface area (Å²) in [6, 6.07) is 10.2. The van der Waals surface area contributed by atoms with Crippen molar-refractivity contribution in [1.29, 1.82) is 0 Å². The Balaban J connectivity index is 1.95. The van der Waals surface area contributed by atoms with Crippen molar-refractivity contribution in [2.24, 2.45) is 0 Å². The molecular weight excluding hydrogens is 335 g/mol. The maximum absolute atomic E-state index is 14.0. The van der Waals surface area contributed by atoms with Crippen LogP contribution >= 0.6 is 15.9 Å². The number of ether oxygens (including phenoxy) is 1. The first-order chi connectivity index (χ1) is 9.85. The lowest BCUT2D eigenvalue weighted by molar-refractivity contribution is 0.138. The van der Waals surface area contributed by atoms with Gasteiger partial charge in [0, 0.05) is 16.5 Å². The monoisotopic (exact) mass is 350 g/mol. The zero-order valence-corrected chi connectivity index (χ0v) is 13.4. The van der Waals surface area contributed by atoms with Crippen molar-refractivity contribution in [3.05, 3.63) is 63.4 Å². The van der Waals surface area contributed by atoms with Gasteiger partial charge in [0.15, 0.2) is 0 Å². The van der Waals surface area contributed by atoms with Crippen LogP contribution in [0.4, 0.5) is 4.39 Å². The summed E-state index contributed by atoms with van der Waals surface area (Å²) in [4.78, 5) is 0. The molecule has 1 aliphatic heterocycles. The van der Waals surface area contributed by atoms with Crippen molar-refractivity contribution in [1.82, 2.24) is 0 Å². The van der Waals surface area contributed by atoms with E-state index in [1.165, 1.54) is 6.07 Å². The molecule has 2 aromatic carbocycles. The molecule has 1 unspecified atom stereocenters. The van der Waals surface area contributed by atoms with Crippen LogP contribution in [0.25, 0.3) is 0 Å². The van der Waals surface area contributed by atoms with Crippen molar-refractivity contribution < 1.29 is 14.2 Å². The summed E-state index contributed by atoms with van der Waals surface area (Å²) in [5.41, 5.74) is 1.77. The van der Waals surface area contributed by atoms with Gasteiger partial charge in [-0.25, -0.2) is 4.39 Å². The van der Waals surface area contributed by atoms with Gasteiger partial charge in [-0.15, -0.1) is 0 Å². The molecule has 0 aromatic heterocycles. The van der Waals surface area contributed by atoms with Gasteiger partial charge >= 0.3 is 0 Å².